The number of benzene rings is 2. The van der Waals surface area contributed by atoms with E-state index in [4.69, 9.17) is 7.85 Å². The van der Waals surface area contributed by atoms with Crippen LogP contribution in [0.3, 0.4) is 0 Å². The summed E-state index contributed by atoms with van der Waals surface area (Å²) in [5, 5.41) is 0. The number of carbonyl (C=O) groups excluding carboxylic acids is 1. The van der Waals surface area contributed by atoms with E-state index in [-0.39, 0.29) is 11.7 Å². The van der Waals surface area contributed by atoms with Crippen LogP contribution in [0.15, 0.2) is 36.4 Å². The van der Waals surface area contributed by atoms with Gasteiger partial charge in [-0.05, 0) is 35.7 Å². The Bertz CT molecular complexity index is 699. The molecular weight excluding hydrogens is 252 g/mol. The summed E-state index contributed by atoms with van der Waals surface area (Å²) in [7, 11) is 5.82. The van der Waals surface area contributed by atoms with E-state index in [2.05, 4.69) is 0 Å². The fraction of sp³-hybridized carbons (Fsp3) is 0.188. The number of amides is 1. The van der Waals surface area contributed by atoms with Crippen molar-refractivity contribution in [2.75, 3.05) is 0 Å². The van der Waals surface area contributed by atoms with E-state index in [1.807, 2.05) is 25.1 Å². The molecule has 98 valence electrons. The molecule has 0 aromatic heterocycles. The quantitative estimate of drug-likeness (QED) is 0.761. The number of nitrogens with zero attached hydrogens (tertiary/aromatic N) is 1. The van der Waals surface area contributed by atoms with Gasteiger partial charge in [0.05, 0.1) is 0 Å². The predicted molar refractivity (Wildman–Crippen MR) is 76.5 cm³/mol. The number of hydrogen-bond acceptors (Lipinski definition) is 1. The molecule has 0 unspecified atom stereocenters. The van der Waals surface area contributed by atoms with Crippen molar-refractivity contribution in [3.63, 3.8) is 0 Å². The zero-order valence-corrected chi connectivity index (χ0v) is 11.2. The molecule has 0 saturated heterocycles. The zero-order valence-electron chi connectivity index (χ0n) is 11.2. The van der Waals surface area contributed by atoms with Crippen LogP contribution in [0.5, 0.6) is 0 Å². The Morgan fingerprint density at radius 1 is 1.30 bits per heavy atom. The van der Waals surface area contributed by atoms with Crippen molar-refractivity contribution in [2.45, 2.75) is 20.0 Å². The third-order valence-electron chi connectivity index (χ3n) is 3.56. The Labute approximate surface area is 118 Å². The highest BCUT2D eigenvalue weighted by atomic mass is 19.1. The summed E-state index contributed by atoms with van der Waals surface area (Å²) in [4.78, 5) is 14.1. The first kappa shape index (κ1) is 12.9. The number of carbonyl (C=O) groups is 1. The molecule has 1 heterocycles. The third-order valence-corrected chi connectivity index (χ3v) is 3.56. The first-order valence-electron chi connectivity index (χ1n) is 6.47. The second kappa shape index (κ2) is 4.78. The molecule has 4 heteroatoms. The highest BCUT2D eigenvalue weighted by Gasteiger charge is 2.28. The van der Waals surface area contributed by atoms with Crippen LogP contribution in [0.1, 0.15) is 27.0 Å². The van der Waals surface area contributed by atoms with Gasteiger partial charge in [-0.3, -0.25) is 4.79 Å². The van der Waals surface area contributed by atoms with Gasteiger partial charge < -0.3 is 4.90 Å². The summed E-state index contributed by atoms with van der Waals surface area (Å²) in [5.41, 5.74) is 4.03. The van der Waals surface area contributed by atoms with Gasteiger partial charge in [-0.2, -0.15) is 0 Å². The minimum absolute atomic E-state index is 0.0123. The maximum Gasteiger partial charge on any atom is 0.255 e. The van der Waals surface area contributed by atoms with Gasteiger partial charge in [-0.25, -0.2) is 4.39 Å². The van der Waals surface area contributed by atoms with Gasteiger partial charge in [0.1, 0.15) is 13.7 Å². The van der Waals surface area contributed by atoms with E-state index < -0.39 is 0 Å². The van der Waals surface area contributed by atoms with Gasteiger partial charge in [-0.1, -0.05) is 29.7 Å². The monoisotopic (exact) mass is 265 g/mol. The Morgan fingerprint density at radius 2 is 2.10 bits per heavy atom. The van der Waals surface area contributed by atoms with E-state index >= 15 is 0 Å². The summed E-state index contributed by atoms with van der Waals surface area (Å²) in [5.74, 6) is -0.297. The van der Waals surface area contributed by atoms with Crippen molar-refractivity contribution in [3.05, 3.63) is 64.5 Å². The van der Waals surface area contributed by atoms with Crippen LogP contribution in [0, 0.1) is 12.7 Å². The maximum atomic E-state index is 13.2. The smallest absolute Gasteiger partial charge is 0.255 e. The van der Waals surface area contributed by atoms with E-state index in [0.717, 1.165) is 22.3 Å². The van der Waals surface area contributed by atoms with Crippen LogP contribution in [0.4, 0.5) is 4.39 Å². The highest BCUT2D eigenvalue weighted by Crippen LogP contribution is 2.26. The lowest BCUT2D eigenvalue weighted by atomic mass is 9.90. The van der Waals surface area contributed by atoms with E-state index in [9.17, 15) is 9.18 Å². The summed E-state index contributed by atoms with van der Waals surface area (Å²) >= 11 is 0. The number of fused-ring (bicyclic) bond motifs is 1. The highest BCUT2D eigenvalue weighted by molar-refractivity contribution is 6.32. The fourth-order valence-electron chi connectivity index (χ4n) is 2.74. The van der Waals surface area contributed by atoms with Crippen LogP contribution in [-0.4, -0.2) is 18.7 Å². The molecule has 2 radical (unpaired) electrons. The van der Waals surface area contributed by atoms with Crippen molar-refractivity contribution < 1.29 is 9.18 Å². The van der Waals surface area contributed by atoms with Crippen LogP contribution in [-0.2, 0) is 13.1 Å². The van der Waals surface area contributed by atoms with Crippen LogP contribution in [0.25, 0.3) is 0 Å². The lowest BCUT2D eigenvalue weighted by Gasteiger charge is -2.15. The standard InChI is InChI=1S/C16H13BFNO/c1-10-5-13(17)7-12-9-19(16(20)15(10)12)8-11-3-2-4-14(18)6-11/h2-7H,8-9H2,1H3. The van der Waals surface area contributed by atoms with Crippen molar-refractivity contribution in [1.29, 1.82) is 0 Å². The molecule has 2 aromatic carbocycles. The zero-order chi connectivity index (χ0) is 14.3. The fourth-order valence-corrected chi connectivity index (χ4v) is 2.74. The molecule has 0 spiro atoms. The normalized spacial score (nSPS) is 13.7. The first-order chi connectivity index (χ1) is 9.54. The average Bonchev–Trinajstić information content (AvgIpc) is 2.66. The molecule has 0 fully saturated rings. The summed E-state index contributed by atoms with van der Waals surface area (Å²) < 4.78 is 13.2. The summed E-state index contributed by atoms with van der Waals surface area (Å²) in [6.45, 7) is 2.82. The lowest BCUT2D eigenvalue weighted by molar-refractivity contribution is 0.0766. The molecule has 20 heavy (non-hydrogen) atoms. The predicted octanol–water partition coefficient (Wildman–Crippen LogP) is 2.08. The third kappa shape index (κ3) is 2.22. The van der Waals surface area contributed by atoms with Gasteiger partial charge in [0.25, 0.3) is 5.91 Å². The summed E-state index contributed by atoms with van der Waals surface area (Å²) in [6.07, 6.45) is 0. The molecule has 1 aliphatic rings. The van der Waals surface area contributed by atoms with Gasteiger partial charge in [0.2, 0.25) is 0 Å². The molecule has 1 aliphatic heterocycles. The molecule has 0 bridgehead atoms. The van der Waals surface area contributed by atoms with Crippen molar-refractivity contribution in [3.8, 4) is 0 Å². The minimum Gasteiger partial charge on any atom is -0.330 e. The largest absolute Gasteiger partial charge is 0.330 e. The number of hydrogen-bond donors (Lipinski definition) is 0. The topological polar surface area (TPSA) is 20.3 Å². The van der Waals surface area contributed by atoms with Crippen LogP contribution < -0.4 is 5.46 Å². The van der Waals surface area contributed by atoms with E-state index in [1.165, 1.54) is 12.1 Å². The first-order valence-corrected chi connectivity index (χ1v) is 6.47. The Morgan fingerprint density at radius 3 is 2.85 bits per heavy atom. The van der Waals surface area contributed by atoms with Gasteiger partial charge in [0, 0.05) is 18.7 Å². The number of halogens is 1. The second-order valence-electron chi connectivity index (χ2n) is 5.16. The van der Waals surface area contributed by atoms with Crippen LogP contribution in [0.2, 0.25) is 0 Å². The molecule has 0 atom stereocenters. The average molecular weight is 265 g/mol. The van der Waals surface area contributed by atoms with Crippen molar-refractivity contribution in [1.82, 2.24) is 4.90 Å². The van der Waals surface area contributed by atoms with Gasteiger partial charge in [-0.15, -0.1) is 0 Å². The molecule has 2 aromatic rings. The summed E-state index contributed by atoms with van der Waals surface area (Å²) in [6, 6.07) is 9.97. The Balaban J connectivity index is 1.89. The molecule has 0 saturated carbocycles. The van der Waals surface area contributed by atoms with Crippen molar-refractivity contribution >= 4 is 19.2 Å². The molecule has 3 rings (SSSR count). The molecular formula is C16H13BFNO. The minimum atomic E-state index is -0.285. The molecule has 0 N–H and O–H groups in total. The number of rotatable bonds is 2. The van der Waals surface area contributed by atoms with Crippen LogP contribution >= 0.6 is 0 Å². The van der Waals surface area contributed by atoms with E-state index in [0.29, 0.717) is 18.6 Å². The maximum absolute atomic E-state index is 13.2. The molecule has 2 nitrogen and oxygen atoms in total. The SMILES string of the molecule is [B]c1cc(C)c2c(c1)CN(Cc1cccc(F)c1)C2=O. The number of aryl methyl sites for hydroxylation is 1. The van der Waals surface area contributed by atoms with Crippen molar-refractivity contribution in [2.24, 2.45) is 0 Å². The Kier molecular flexibility index (Phi) is 3.09. The van der Waals surface area contributed by atoms with Gasteiger partial charge >= 0.3 is 0 Å². The molecule has 0 aliphatic carbocycles. The Hall–Kier alpha value is -2.10. The van der Waals surface area contributed by atoms with E-state index in [1.54, 1.807) is 11.0 Å². The molecule has 1 amide bonds. The van der Waals surface area contributed by atoms with Gasteiger partial charge in [0.15, 0.2) is 0 Å². The lowest BCUT2D eigenvalue weighted by Crippen LogP contribution is -2.23. The second-order valence-corrected chi connectivity index (χ2v) is 5.16.